The number of amides is 1. The number of carbonyl (C=O) groups excluding carboxylic acids is 1. The highest BCUT2D eigenvalue weighted by Crippen LogP contribution is 2.20. The molecular weight excluding hydrogens is 342 g/mol. The van der Waals surface area contributed by atoms with E-state index in [0.717, 1.165) is 27.7 Å². The predicted octanol–water partition coefficient (Wildman–Crippen LogP) is 4.47. The first-order chi connectivity index (χ1) is 11.6. The van der Waals surface area contributed by atoms with Gasteiger partial charge in [-0.05, 0) is 43.2 Å². The van der Waals surface area contributed by atoms with Crippen molar-refractivity contribution in [2.24, 2.45) is 0 Å². The molecule has 0 saturated heterocycles. The first-order valence-corrected chi connectivity index (χ1v) is 9.41. The topological polar surface area (TPSA) is 38.3 Å². The quantitative estimate of drug-likeness (QED) is 0.703. The summed E-state index contributed by atoms with van der Waals surface area (Å²) >= 11 is 7.86. The van der Waals surface area contributed by atoms with Gasteiger partial charge in [0.25, 0.3) is 5.91 Å². The molecule has 5 heteroatoms. The molecule has 3 nitrogen and oxygen atoms in total. The van der Waals surface area contributed by atoms with Gasteiger partial charge in [-0.2, -0.15) is 11.8 Å². The van der Waals surface area contributed by atoms with Gasteiger partial charge in [0.1, 0.15) is 5.75 Å². The average molecular weight is 364 g/mol. The maximum Gasteiger partial charge on any atom is 0.260 e. The molecule has 2 aromatic rings. The fraction of sp³-hybridized carbons (Fsp3) is 0.316. The van der Waals surface area contributed by atoms with Crippen molar-refractivity contribution in [2.75, 3.05) is 12.3 Å². The molecule has 0 bridgehead atoms. The molecule has 0 aliphatic carbocycles. The second kappa shape index (κ2) is 9.60. The number of halogens is 1. The van der Waals surface area contributed by atoms with Gasteiger partial charge in [0.05, 0.1) is 0 Å². The zero-order valence-corrected chi connectivity index (χ0v) is 15.5. The Morgan fingerprint density at radius 1 is 1.25 bits per heavy atom. The Kier molecular flexibility index (Phi) is 7.47. The van der Waals surface area contributed by atoms with Gasteiger partial charge in [-0.3, -0.25) is 4.79 Å². The number of thioether (sulfide) groups is 1. The van der Waals surface area contributed by atoms with Crippen LogP contribution < -0.4 is 10.1 Å². The summed E-state index contributed by atoms with van der Waals surface area (Å²) < 4.78 is 5.66. The third-order valence-corrected chi connectivity index (χ3v) is 4.81. The molecule has 2 rings (SSSR count). The molecule has 0 aliphatic rings. The maximum absolute atomic E-state index is 12.1. The second-order valence-electron chi connectivity index (χ2n) is 5.51. The highest BCUT2D eigenvalue weighted by molar-refractivity contribution is 7.98. The Morgan fingerprint density at radius 3 is 2.79 bits per heavy atom. The number of hydrogen-bond donors (Lipinski definition) is 1. The van der Waals surface area contributed by atoms with Gasteiger partial charge in [0.2, 0.25) is 0 Å². The van der Waals surface area contributed by atoms with Crippen molar-refractivity contribution in [3.05, 3.63) is 64.7 Å². The highest BCUT2D eigenvalue weighted by Gasteiger charge is 2.13. The van der Waals surface area contributed by atoms with Gasteiger partial charge in [-0.1, -0.05) is 41.9 Å². The van der Waals surface area contributed by atoms with Crippen LogP contribution in [0.5, 0.6) is 5.75 Å². The molecule has 24 heavy (non-hydrogen) atoms. The standard InChI is InChI=1S/C19H22ClNO2S/c1-14-6-5-8-17(12-14)23-15(2)19(22)21-10-11-24-13-16-7-3-4-9-18(16)20/h3-9,12,15H,10-11,13H2,1-2H3,(H,21,22)/t15-/m1/s1. The maximum atomic E-state index is 12.1. The molecule has 2 aromatic carbocycles. The fourth-order valence-corrected chi connectivity index (χ4v) is 3.28. The van der Waals surface area contributed by atoms with Crippen LogP contribution in [0.25, 0.3) is 0 Å². The van der Waals surface area contributed by atoms with Crippen LogP contribution >= 0.6 is 23.4 Å². The summed E-state index contributed by atoms with van der Waals surface area (Å²) in [6.07, 6.45) is -0.514. The van der Waals surface area contributed by atoms with Crippen molar-refractivity contribution in [3.63, 3.8) is 0 Å². The van der Waals surface area contributed by atoms with E-state index in [0.29, 0.717) is 12.3 Å². The van der Waals surface area contributed by atoms with Crippen LogP contribution in [0.1, 0.15) is 18.1 Å². The summed E-state index contributed by atoms with van der Waals surface area (Å²) in [5.41, 5.74) is 2.22. The summed E-state index contributed by atoms with van der Waals surface area (Å²) in [6, 6.07) is 15.5. The monoisotopic (exact) mass is 363 g/mol. The Hall–Kier alpha value is -1.65. The van der Waals surface area contributed by atoms with E-state index in [1.54, 1.807) is 18.7 Å². The van der Waals surface area contributed by atoms with Crippen LogP contribution in [-0.2, 0) is 10.5 Å². The van der Waals surface area contributed by atoms with Crippen LogP contribution in [0.3, 0.4) is 0 Å². The van der Waals surface area contributed by atoms with E-state index in [2.05, 4.69) is 5.32 Å². The van der Waals surface area contributed by atoms with Gasteiger partial charge in [-0.25, -0.2) is 0 Å². The molecule has 0 heterocycles. The lowest BCUT2D eigenvalue weighted by Crippen LogP contribution is -2.37. The lowest BCUT2D eigenvalue weighted by molar-refractivity contribution is -0.127. The minimum absolute atomic E-state index is 0.102. The molecule has 0 fully saturated rings. The second-order valence-corrected chi connectivity index (χ2v) is 7.02. The van der Waals surface area contributed by atoms with Crippen LogP contribution in [0.15, 0.2) is 48.5 Å². The predicted molar refractivity (Wildman–Crippen MR) is 102 cm³/mol. The van der Waals surface area contributed by atoms with E-state index in [-0.39, 0.29) is 5.91 Å². The zero-order chi connectivity index (χ0) is 17.4. The van der Waals surface area contributed by atoms with Crippen molar-refractivity contribution >= 4 is 29.3 Å². The van der Waals surface area contributed by atoms with Crippen molar-refractivity contribution < 1.29 is 9.53 Å². The molecule has 1 amide bonds. The number of aryl methyl sites for hydroxylation is 1. The molecule has 0 unspecified atom stereocenters. The Morgan fingerprint density at radius 2 is 2.04 bits per heavy atom. The molecule has 0 saturated carbocycles. The van der Waals surface area contributed by atoms with Crippen molar-refractivity contribution in [1.82, 2.24) is 5.32 Å². The zero-order valence-electron chi connectivity index (χ0n) is 13.9. The van der Waals surface area contributed by atoms with Gasteiger partial charge in [0.15, 0.2) is 6.10 Å². The highest BCUT2D eigenvalue weighted by atomic mass is 35.5. The first kappa shape index (κ1) is 18.7. The number of ether oxygens (including phenoxy) is 1. The number of hydrogen-bond acceptors (Lipinski definition) is 3. The van der Waals surface area contributed by atoms with Crippen molar-refractivity contribution in [3.8, 4) is 5.75 Å². The van der Waals surface area contributed by atoms with E-state index in [4.69, 9.17) is 16.3 Å². The molecule has 0 spiro atoms. The summed E-state index contributed by atoms with van der Waals surface area (Å²) in [5.74, 6) is 2.28. The van der Waals surface area contributed by atoms with Crippen LogP contribution in [0.4, 0.5) is 0 Å². The van der Waals surface area contributed by atoms with E-state index in [1.807, 2.05) is 55.5 Å². The van der Waals surface area contributed by atoms with Gasteiger partial charge in [-0.15, -0.1) is 0 Å². The van der Waals surface area contributed by atoms with Crippen LogP contribution in [0.2, 0.25) is 5.02 Å². The minimum atomic E-state index is -0.514. The minimum Gasteiger partial charge on any atom is -0.481 e. The smallest absolute Gasteiger partial charge is 0.260 e. The van der Waals surface area contributed by atoms with Crippen LogP contribution in [0, 0.1) is 6.92 Å². The molecule has 1 N–H and O–H groups in total. The van der Waals surface area contributed by atoms with E-state index >= 15 is 0 Å². The Labute approximate surface area is 152 Å². The lowest BCUT2D eigenvalue weighted by Gasteiger charge is -2.15. The van der Waals surface area contributed by atoms with Gasteiger partial charge in [0, 0.05) is 23.1 Å². The molecule has 128 valence electrons. The SMILES string of the molecule is Cc1cccc(O[C@H](C)C(=O)NCCSCc2ccccc2Cl)c1. The molecular formula is C19H22ClNO2S. The van der Waals surface area contributed by atoms with E-state index in [1.165, 1.54) is 0 Å². The number of benzene rings is 2. The summed E-state index contributed by atoms with van der Waals surface area (Å²) in [7, 11) is 0. The largest absolute Gasteiger partial charge is 0.481 e. The third kappa shape index (κ3) is 6.10. The fourth-order valence-electron chi connectivity index (χ4n) is 2.13. The van der Waals surface area contributed by atoms with Gasteiger partial charge < -0.3 is 10.1 Å². The number of nitrogens with one attached hydrogen (secondary N) is 1. The van der Waals surface area contributed by atoms with Gasteiger partial charge >= 0.3 is 0 Å². The first-order valence-electron chi connectivity index (χ1n) is 7.88. The van der Waals surface area contributed by atoms with Crippen molar-refractivity contribution in [1.29, 1.82) is 0 Å². The molecule has 0 radical (unpaired) electrons. The van der Waals surface area contributed by atoms with Crippen molar-refractivity contribution in [2.45, 2.75) is 25.7 Å². The molecule has 1 atom stereocenters. The normalized spacial score (nSPS) is 11.8. The molecule has 0 aromatic heterocycles. The lowest BCUT2D eigenvalue weighted by atomic mass is 10.2. The summed E-state index contributed by atoms with van der Waals surface area (Å²) in [5, 5.41) is 3.69. The third-order valence-electron chi connectivity index (χ3n) is 3.43. The molecule has 0 aliphatic heterocycles. The van der Waals surface area contributed by atoms with Crippen LogP contribution in [-0.4, -0.2) is 24.3 Å². The average Bonchev–Trinajstić information content (AvgIpc) is 2.56. The van der Waals surface area contributed by atoms with E-state index in [9.17, 15) is 4.79 Å². The Balaban J connectivity index is 1.66. The van der Waals surface area contributed by atoms with E-state index < -0.39 is 6.10 Å². The number of carbonyl (C=O) groups is 1. The number of rotatable bonds is 8. The summed E-state index contributed by atoms with van der Waals surface area (Å²) in [4.78, 5) is 12.1. The summed E-state index contributed by atoms with van der Waals surface area (Å²) in [6.45, 7) is 4.36. The Bertz CT molecular complexity index is 678.